The molecule has 0 spiro atoms. The number of carbonyl (C=O) groups excluding carboxylic acids is 10. The van der Waals surface area contributed by atoms with Crippen LogP contribution in [0, 0.1) is 29.5 Å². The first-order chi connectivity index (χ1) is 39.4. The van der Waals surface area contributed by atoms with E-state index in [1.807, 2.05) is 41.5 Å². The number of morpholine rings is 1. The maximum Gasteiger partial charge on any atom is 0.254 e. The van der Waals surface area contributed by atoms with Gasteiger partial charge in [-0.2, -0.15) is 0 Å². The van der Waals surface area contributed by atoms with Crippen molar-refractivity contribution in [2.75, 3.05) is 52.5 Å². The van der Waals surface area contributed by atoms with Crippen molar-refractivity contribution < 1.29 is 57.1 Å². The van der Waals surface area contributed by atoms with E-state index >= 15 is 0 Å². The van der Waals surface area contributed by atoms with E-state index in [1.54, 1.807) is 0 Å². The van der Waals surface area contributed by atoms with Gasteiger partial charge in [0.25, 0.3) is 5.91 Å². The molecular formula is C61H100FN11O11. The SMILES string of the molecule is CC(C)CC(NC(=O)C(CCC1CCCCC1)NC(=O)[C@@H]1CCCN1C(=O)c1ccc(F)cc1)C(=O)NC(C)(C)C(=O)NC(CC(C)C)C(=O)NC(CC(C)C)C(=O)NC(C)(C)C(=O)NC(C)(C)C(=O)NCCC(=O)NCCN1CCOCC1. The molecule has 84 heavy (non-hydrogen) atoms. The predicted octanol–water partition coefficient (Wildman–Crippen LogP) is 3.51. The fourth-order valence-corrected chi connectivity index (χ4v) is 10.6. The smallest absolute Gasteiger partial charge is 0.254 e. The van der Waals surface area contributed by atoms with Gasteiger partial charge in [0.15, 0.2) is 0 Å². The van der Waals surface area contributed by atoms with Crippen molar-refractivity contribution in [1.29, 1.82) is 0 Å². The van der Waals surface area contributed by atoms with Crippen LogP contribution in [0.4, 0.5) is 4.39 Å². The lowest BCUT2D eigenvalue weighted by Crippen LogP contribution is -2.65. The third-order valence-electron chi connectivity index (χ3n) is 15.6. The molecule has 10 amide bonds. The number of halogens is 1. The predicted molar refractivity (Wildman–Crippen MR) is 317 cm³/mol. The van der Waals surface area contributed by atoms with Crippen molar-refractivity contribution in [3.8, 4) is 0 Å². The van der Waals surface area contributed by atoms with E-state index in [0.717, 1.165) is 45.2 Å². The zero-order chi connectivity index (χ0) is 62.5. The molecule has 4 rings (SSSR count). The van der Waals surface area contributed by atoms with Gasteiger partial charge >= 0.3 is 0 Å². The Morgan fingerprint density at radius 3 is 1.62 bits per heavy atom. The van der Waals surface area contributed by atoms with Gasteiger partial charge in [0.1, 0.15) is 52.6 Å². The number of benzene rings is 1. The van der Waals surface area contributed by atoms with Crippen molar-refractivity contribution in [3.63, 3.8) is 0 Å². The van der Waals surface area contributed by atoms with Gasteiger partial charge in [0, 0.05) is 51.3 Å². The van der Waals surface area contributed by atoms with Crippen molar-refractivity contribution in [2.45, 2.75) is 213 Å². The van der Waals surface area contributed by atoms with Gasteiger partial charge < -0.3 is 57.5 Å². The van der Waals surface area contributed by atoms with Crippen LogP contribution in [0.5, 0.6) is 0 Å². The summed E-state index contributed by atoms with van der Waals surface area (Å²) in [6.45, 7) is 24.4. The molecule has 472 valence electrons. The molecule has 22 nitrogen and oxygen atoms in total. The van der Waals surface area contributed by atoms with E-state index in [-0.39, 0.29) is 67.9 Å². The number of rotatable bonds is 31. The number of ether oxygens (including phenoxy) is 1. The molecule has 23 heteroatoms. The normalized spacial score (nSPS) is 17.8. The zero-order valence-corrected chi connectivity index (χ0v) is 52.1. The number of likely N-dealkylation sites (tertiary alicyclic amines) is 1. The third-order valence-corrected chi connectivity index (χ3v) is 15.6. The van der Waals surface area contributed by atoms with Gasteiger partial charge in [-0.25, -0.2) is 4.39 Å². The topological polar surface area (TPSA) is 295 Å². The van der Waals surface area contributed by atoms with Crippen molar-refractivity contribution in [1.82, 2.24) is 57.7 Å². The summed E-state index contributed by atoms with van der Waals surface area (Å²) >= 11 is 0. The summed E-state index contributed by atoms with van der Waals surface area (Å²) < 4.78 is 19.1. The second kappa shape index (κ2) is 32.9. The molecule has 5 atom stereocenters. The first kappa shape index (κ1) is 70.3. The van der Waals surface area contributed by atoms with Gasteiger partial charge in [-0.1, -0.05) is 73.6 Å². The van der Waals surface area contributed by atoms with Gasteiger partial charge in [-0.3, -0.25) is 52.8 Å². The summed E-state index contributed by atoms with van der Waals surface area (Å²) in [5.74, 6) is -6.28. The highest BCUT2D eigenvalue weighted by molar-refractivity contribution is 6.01. The number of nitrogens with one attached hydrogen (secondary N) is 9. The minimum absolute atomic E-state index is 0.0295. The molecule has 9 N–H and O–H groups in total. The van der Waals surface area contributed by atoms with Crippen LogP contribution >= 0.6 is 0 Å². The van der Waals surface area contributed by atoms with Crippen LogP contribution in [-0.2, 0) is 47.9 Å². The van der Waals surface area contributed by atoms with E-state index in [0.29, 0.717) is 58.0 Å². The quantitative estimate of drug-likeness (QED) is 0.0517. The number of amides is 10. The molecule has 2 heterocycles. The van der Waals surface area contributed by atoms with Crippen LogP contribution in [0.25, 0.3) is 0 Å². The Bertz CT molecular complexity index is 2400. The zero-order valence-electron chi connectivity index (χ0n) is 52.1. The Hall–Kier alpha value is -6.23. The Labute approximate surface area is 497 Å². The highest BCUT2D eigenvalue weighted by Crippen LogP contribution is 2.28. The second-order valence-corrected chi connectivity index (χ2v) is 26.0. The summed E-state index contributed by atoms with van der Waals surface area (Å²) in [5.41, 5.74) is -4.47. The lowest BCUT2D eigenvalue weighted by molar-refractivity contribution is -0.139. The van der Waals surface area contributed by atoms with Crippen LogP contribution < -0.4 is 47.9 Å². The molecule has 0 aromatic heterocycles. The van der Waals surface area contributed by atoms with Gasteiger partial charge in [-0.05, 0) is 134 Å². The van der Waals surface area contributed by atoms with Crippen molar-refractivity contribution in [3.05, 3.63) is 35.6 Å². The standard InChI is InChI=1S/C61H100FN11O11/c1-38(2)35-45(51(76)67-47(37-40(5)6)53(78)70-61(11,12)58(83)71-59(7,8)56(81)64-27-26-49(74)63-28-30-72-31-33-84-34-32-72)68-57(82)60(9,10)69-52(77)46(36-39(3)4)66-50(75)44(25-20-41-17-14-13-15-18-41)65-54(79)48-19-16-29-73(48)55(80)42-21-23-43(62)24-22-42/h21-24,38-41,44-48H,13-20,25-37H2,1-12H3,(H,63,74)(H,64,81)(H,65,79)(H,66,75)(H,67,76)(H,68,82)(H,69,77)(H,70,78)(H,71,83)/t44?,45?,46?,47?,48-/m0/s1. The lowest BCUT2D eigenvalue weighted by Gasteiger charge is -2.34. The van der Waals surface area contributed by atoms with Crippen LogP contribution in [0.3, 0.4) is 0 Å². The molecule has 0 bridgehead atoms. The number of hydrogen-bond donors (Lipinski definition) is 9. The fraction of sp³-hybridized carbons (Fsp3) is 0.738. The first-order valence-electron chi connectivity index (χ1n) is 30.5. The third kappa shape index (κ3) is 23.0. The molecule has 4 unspecified atom stereocenters. The Balaban J connectivity index is 1.40. The molecular weight excluding hydrogens is 1080 g/mol. The highest BCUT2D eigenvalue weighted by atomic mass is 19.1. The highest BCUT2D eigenvalue weighted by Gasteiger charge is 2.42. The summed E-state index contributed by atoms with van der Waals surface area (Å²) in [5, 5.41) is 25.1. The minimum atomic E-state index is -1.65. The molecule has 1 aliphatic carbocycles. The molecule has 1 aromatic carbocycles. The molecule has 3 aliphatic rings. The molecule has 2 saturated heterocycles. The van der Waals surface area contributed by atoms with Crippen LogP contribution in [0.15, 0.2) is 24.3 Å². The summed E-state index contributed by atoms with van der Waals surface area (Å²) in [6.07, 6.45) is 7.62. The number of nitrogens with zero attached hydrogens (tertiary/aromatic N) is 2. The van der Waals surface area contributed by atoms with Gasteiger partial charge in [-0.15, -0.1) is 0 Å². The summed E-state index contributed by atoms with van der Waals surface area (Å²) in [4.78, 5) is 142. The second-order valence-electron chi connectivity index (χ2n) is 26.0. The van der Waals surface area contributed by atoms with Crippen molar-refractivity contribution in [2.24, 2.45) is 23.7 Å². The average molecular weight is 1180 g/mol. The van der Waals surface area contributed by atoms with E-state index in [9.17, 15) is 52.3 Å². The number of carbonyl (C=O) groups is 10. The molecule has 2 aliphatic heterocycles. The maximum absolute atomic E-state index is 14.4. The fourth-order valence-electron chi connectivity index (χ4n) is 10.6. The maximum atomic E-state index is 14.4. The monoisotopic (exact) mass is 1180 g/mol. The molecule has 3 fully saturated rings. The van der Waals surface area contributed by atoms with Crippen LogP contribution in [-0.4, -0.2) is 168 Å². The Morgan fingerprint density at radius 1 is 0.560 bits per heavy atom. The molecule has 0 radical (unpaired) electrons. The van der Waals surface area contributed by atoms with Crippen LogP contribution in [0.2, 0.25) is 0 Å². The van der Waals surface area contributed by atoms with E-state index < -0.39 is 106 Å². The number of hydrogen-bond acceptors (Lipinski definition) is 12. The average Bonchev–Trinajstić information content (AvgIpc) is 4.10. The largest absolute Gasteiger partial charge is 0.379 e. The van der Waals surface area contributed by atoms with Gasteiger partial charge in [0.05, 0.1) is 13.2 Å². The lowest BCUT2D eigenvalue weighted by atomic mass is 9.85. The van der Waals surface area contributed by atoms with E-state index in [2.05, 4.69) is 52.8 Å². The molecule has 1 saturated carbocycles. The summed E-state index contributed by atoms with van der Waals surface area (Å²) in [7, 11) is 0. The van der Waals surface area contributed by atoms with E-state index in [1.165, 1.54) is 70.7 Å². The Morgan fingerprint density at radius 2 is 1.07 bits per heavy atom. The van der Waals surface area contributed by atoms with Crippen molar-refractivity contribution >= 4 is 59.1 Å². The van der Waals surface area contributed by atoms with Gasteiger partial charge in [0.2, 0.25) is 53.2 Å². The van der Waals surface area contributed by atoms with E-state index in [4.69, 9.17) is 4.74 Å². The first-order valence-corrected chi connectivity index (χ1v) is 30.5. The van der Waals surface area contributed by atoms with Crippen LogP contribution in [0.1, 0.15) is 177 Å². The Kier molecular flexibility index (Phi) is 27.5. The summed E-state index contributed by atoms with van der Waals surface area (Å²) in [6, 6.07) is -0.322. The molecule has 1 aromatic rings. The minimum Gasteiger partial charge on any atom is -0.379 e.